The quantitative estimate of drug-likeness (QED) is 0.382. The largest absolute Gasteiger partial charge is 0.353 e. The van der Waals surface area contributed by atoms with Gasteiger partial charge in [0.1, 0.15) is 11.9 Å². The molecule has 0 spiro atoms. The second-order valence-corrected chi connectivity index (χ2v) is 8.93. The van der Waals surface area contributed by atoms with Gasteiger partial charge < -0.3 is 9.80 Å². The van der Waals surface area contributed by atoms with Crippen molar-refractivity contribution in [3.63, 3.8) is 0 Å². The van der Waals surface area contributed by atoms with Crippen LogP contribution in [0.3, 0.4) is 0 Å². The fourth-order valence-electron chi connectivity index (χ4n) is 4.69. The monoisotopic (exact) mass is 489 g/mol. The average Bonchev–Trinajstić information content (AvgIpc) is 3.59. The van der Waals surface area contributed by atoms with Gasteiger partial charge in [-0.25, -0.2) is 9.50 Å². The molecule has 0 aromatic carbocycles. The van der Waals surface area contributed by atoms with E-state index in [9.17, 15) is 10.1 Å². The van der Waals surface area contributed by atoms with Crippen molar-refractivity contribution in [3.8, 4) is 28.3 Å². The van der Waals surface area contributed by atoms with Gasteiger partial charge >= 0.3 is 0 Å². The second-order valence-electron chi connectivity index (χ2n) is 8.93. The van der Waals surface area contributed by atoms with Crippen LogP contribution in [-0.2, 0) is 7.05 Å². The van der Waals surface area contributed by atoms with E-state index in [2.05, 4.69) is 26.2 Å². The second kappa shape index (κ2) is 9.20. The Bertz CT molecular complexity index is 1620. The van der Waals surface area contributed by atoms with Gasteiger partial charge in [-0.1, -0.05) is 0 Å². The molecule has 5 aromatic rings. The average molecular weight is 490 g/mol. The third-order valence-electron chi connectivity index (χ3n) is 6.63. The molecule has 10 heteroatoms. The van der Waals surface area contributed by atoms with E-state index in [-0.39, 0.29) is 5.91 Å². The van der Waals surface area contributed by atoms with Crippen LogP contribution in [0, 0.1) is 11.3 Å². The molecule has 5 aromatic heterocycles. The fourth-order valence-corrected chi connectivity index (χ4v) is 4.69. The van der Waals surface area contributed by atoms with Gasteiger partial charge in [0.05, 0.1) is 29.0 Å². The smallest absolute Gasteiger partial charge is 0.255 e. The van der Waals surface area contributed by atoms with Gasteiger partial charge in [0, 0.05) is 86.5 Å². The molecule has 6 heterocycles. The fraction of sp³-hybridized carbons (Fsp3) is 0.185. The molecule has 1 aliphatic rings. The molecule has 0 unspecified atom stereocenters. The highest BCUT2D eigenvalue weighted by molar-refractivity contribution is 5.94. The molecule has 0 N–H and O–H groups in total. The zero-order valence-corrected chi connectivity index (χ0v) is 20.2. The Morgan fingerprint density at radius 1 is 0.946 bits per heavy atom. The Morgan fingerprint density at radius 2 is 1.81 bits per heavy atom. The molecule has 1 fully saturated rings. The minimum Gasteiger partial charge on any atom is -0.353 e. The Labute approximate surface area is 213 Å². The van der Waals surface area contributed by atoms with Crippen LogP contribution in [-0.4, -0.2) is 66.3 Å². The van der Waals surface area contributed by atoms with Crippen LogP contribution in [0.1, 0.15) is 15.9 Å². The SMILES string of the molecule is Cn1cc(-c2cc(-c3ccc(N4CCN(C(=O)c5cccnc5)CC4)nc3)c3c(C#N)cnn3c2)cn1. The van der Waals surface area contributed by atoms with Crippen molar-refractivity contribution in [2.75, 3.05) is 31.1 Å². The molecule has 37 heavy (non-hydrogen) atoms. The van der Waals surface area contributed by atoms with E-state index in [0.29, 0.717) is 37.3 Å². The molecule has 1 aliphatic heterocycles. The van der Waals surface area contributed by atoms with Crippen LogP contribution in [0.4, 0.5) is 5.82 Å². The summed E-state index contributed by atoms with van der Waals surface area (Å²) in [6.45, 7) is 2.62. The lowest BCUT2D eigenvalue weighted by Crippen LogP contribution is -2.49. The van der Waals surface area contributed by atoms with Gasteiger partial charge in [-0.15, -0.1) is 0 Å². The predicted octanol–water partition coefficient (Wildman–Crippen LogP) is 3.03. The Hall–Kier alpha value is -5.04. The zero-order valence-electron chi connectivity index (χ0n) is 20.2. The third-order valence-corrected chi connectivity index (χ3v) is 6.63. The Balaban J connectivity index is 1.26. The van der Waals surface area contributed by atoms with Gasteiger partial charge in [0.15, 0.2) is 0 Å². The van der Waals surface area contributed by atoms with Crippen molar-refractivity contribution in [1.29, 1.82) is 5.26 Å². The number of pyridine rings is 3. The molecule has 10 nitrogen and oxygen atoms in total. The van der Waals surface area contributed by atoms with Gasteiger partial charge in [-0.3, -0.25) is 14.5 Å². The van der Waals surface area contributed by atoms with E-state index >= 15 is 0 Å². The van der Waals surface area contributed by atoms with Crippen molar-refractivity contribution < 1.29 is 4.79 Å². The summed E-state index contributed by atoms with van der Waals surface area (Å²) >= 11 is 0. The van der Waals surface area contributed by atoms with Gasteiger partial charge in [-0.2, -0.15) is 15.5 Å². The lowest BCUT2D eigenvalue weighted by atomic mass is 10.0. The highest BCUT2D eigenvalue weighted by Crippen LogP contribution is 2.32. The molecule has 0 saturated carbocycles. The van der Waals surface area contributed by atoms with Gasteiger partial charge in [0.25, 0.3) is 5.91 Å². The molecule has 0 atom stereocenters. The summed E-state index contributed by atoms with van der Waals surface area (Å²) < 4.78 is 3.49. The number of nitriles is 1. The summed E-state index contributed by atoms with van der Waals surface area (Å²) in [5.74, 6) is 0.855. The summed E-state index contributed by atoms with van der Waals surface area (Å²) in [7, 11) is 1.88. The maximum Gasteiger partial charge on any atom is 0.255 e. The molecular formula is C27H23N9O. The number of piperazine rings is 1. The van der Waals surface area contributed by atoms with E-state index in [4.69, 9.17) is 4.98 Å². The Kier molecular flexibility index (Phi) is 5.58. The normalized spacial score (nSPS) is 13.6. The third kappa shape index (κ3) is 4.16. The first-order valence-corrected chi connectivity index (χ1v) is 11.9. The van der Waals surface area contributed by atoms with Crippen LogP contribution in [0.5, 0.6) is 0 Å². The first-order chi connectivity index (χ1) is 18.1. The van der Waals surface area contributed by atoms with Gasteiger partial charge in [0.2, 0.25) is 0 Å². The molecule has 0 aliphatic carbocycles. The van der Waals surface area contributed by atoms with Crippen molar-refractivity contribution in [2.45, 2.75) is 0 Å². The zero-order chi connectivity index (χ0) is 25.4. The number of aromatic nitrogens is 6. The van der Waals surface area contributed by atoms with Crippen molar-refractivity contribution >= 4 is 17.2 Å². The van der Waals surface area contributed by atoms with Crippen LogP contribution in [0.25, 0.3) is 27.8 Å². The number of hydrogen-bond donors (Lipinski definition) is 0. The number of carbonyl (C=O) groups is 1. The highest BCUT2D eigenvalue weighted by atomic mass is 16.2. The summed E-state index contributed by atoms with van der Waals surface area (Å²) in [5.41, 5.74) is 5.53. The van der Waals surface area contributed by atoms with E-state index in [0.717, 1.165) is 33.6 Å². The van der Waals surface area contributed by atoms with E-state index in [1.807, 2.05) is 48.7 Å². The number of anilines is 1. The number of rotatable bonds is 4. The van der Waals surface area contributed by atoms with Gasteiger partial charge in [-0.05, 0) is 30.3 Å². The minimum atomic E-state index is 0.00248. The first kappa shape index (κ1) is 22.4. The van der Waals surface area contributed by atoms with Crippen molar-refractivity contribution in [2.24, 2.45) is 7.05 Å². The van der Waals surface area contributed by atoms with Crippen molar-refractivity contribution in [1.82, 2.24) is 34.3 Å². The first-order valence-electron chi connectivity index (χ1n) is 11.9. The molecule has 1 amide bonds. The number of hydrogen-bond acceptors (Lipinski definition) is 7. The summed E-state index contributed by atoms with van der Waals surface area (Å²) in [6, 6.07) is 11.9. The number of nitrogens with zero attached hydrogens (tertiary/aromatic N) is 9. The number of carbonyl (C=O) groups excluding carboxylic acids is 1. The van der Waals surface area contributed by atoms with Crippen LogP contribution in [0.2, 0.25) is 0 Å². The predicted molar refractivity (Wildman–Crippen MR) is 138 cm³/mol. The maximum absolute atomic E-state index is 12.7. The van der Waals surface area contributed by atoms with Crippen molar-refractivity contribution in [3.05, 3.63) is 84.8 Å². The number of fused-ring (bicyclic) bond motifs is 1. The summed E-state index contributed by atoms with van der Waals surface area (Å²) in [5, 5.41) is 18.4. The molecule has 1 saturated heterocycles. The lowest BCUT2D eigenvalue weighted by molar-refractivity contribution is 0.0746. The van der Waals surface area contributed by atoms with E-state index in [1.54, 1.807) is 46.1 Å². The molecule has 0 bridgehead atoms. The maximum atomic E-state index is 12.7. The number of amides is 1. The van der Waals surface area contributed by atoms with Crippen LogP contribution in [0.15, 0.2) is 73.7 Å². The molecule has 182 valence electrons. The standard InChI is InChI=1S/C27H23N9O/c1-33-17-23(16-31-33)21-11-24(26-22(12-28)15-32-36(26)18-21)19-4-5-25(30-14-19)34-7-9-35(10-8-34)27(37)20-3-2-6-29-13-20/h2-6,11,13-18H,7-10H2,1H3. The number of aryl methyl sites for hydroxylation is 1. The Morgan fingerprint density at radius 3 is 2.49 bits per heavy atom. The topological polar surface area (TPSA) is 108 Å². The lowest BCUT2D eigenvalue weighted by Gasteiger charge is -2.35. The molecule has 0 radical (unpaired) electrons. The van der Waals surface area contributed by atoms with E-state index < -0.39 is 0 Å². The van der Waals surface area contributed by atoms with E-state index in [1.165, 1.54) is 0 Å². The molecule has 6 rings (SSSR count). The summed E-state index contributed by atoms with van der Waals surface area (Å²) in [6.07, 6.45) is 12.3. The minimum absolute atomic E-state index is 0.00248. The summed E-state index contributed by atoms with van der Waals surface area (Å²) in [4.78, 5) is 25.6. The molecular weight excluding hydrogens is 466 g/mol. The highest BCUT2D eigenvalue weighted by Gasteiger charge is 2.23. The van der Waals surface area contributed by atoms with Crippen LogP contribution >= 0.6 is 0 Å². The van der Waals surface area contributed by atoms with Crippen LogP contribution < -0.4 is 4.90 Å².